The number of carbonyl (C=O) groups is 2. The average molecular weight is 276 g/mol. The fourth-order valence-electron chi connectivity index (χ4n) is 0.636. The van der Waals surface area contributed by atoms with Crippen LogP contribution in [0, 0.1) is 10.8 Å². The number of hydrogen-bond acceptors (Lipinski definition) is 4. The van der Waals surface area contributed by atoms with Crippen LogP contribution in [0.15, 0.2) is 0 Å². The monoisotopic (exact) mass is 276 g/mol. The molecule has 0 saturated heterocycles. The Kier molecular flexibility index (Phi) is 11.9. The second-order valence-electron chi connectivity index (χ2n) is 6.68. The summed E-state index contributed by atoms with van der Waals surface area (Å²) in [6.07, 6.45) is 0. The summed E-state index contributed by atoms with van der Waals surface area (Å²) < 4.78 is 9.53. The molecule has 0 aromatic carbocycles. The molecule has 4 nitrogen and oxygen atoms in total. The first-order valence-electron chi connectivity index (χ1n) is 6.10. The maximum Gasteiger partial charge on any atom is 0.302 e. The van der Waals surface area contributed by atoms with Gasteiger partial charge in [-0.25, -0.2) is 0 Å². The minimum atomic E-state index is -0.204. The summed E-state index contributed by atoms with van der Waals surface area (Å²) in [7, 11) is 0. The lowest BCUT2D eigenvalue weighted by atomic mass is 9.99. The van der Waals surface area contributed by atoms with Gasteiger partial charge >= 0.3 is 11.9 Å². The van der Waals surface area contributed by atoms with Crippen LogP contribution in [0.2, 0.25) is 0 Å². The smallest absolute Gasteiger partial charge is 0.302 e. The molecule has 0 heterocycles. The zero-order valence-corrected chi connectivity index (χ0v) is 13.0. The molecule has 0 bridgehead atoms. The molecule has 0 aromatic heterocycles. The highest BCUT2D eigenvalue weighted by molar-refractivity contribution is 5.66. The molecular formula is C15H32O4. The van der Waals surface area contributed by atoms with Crippen molar-refractivity contribution in [3.8, 4) is 0 Å². The van der Waals surface area contributed by atoms with Crippen LogP contribution in [-0.4, -0.2) is 25.2 Å². The summed E-state index contributed by atoms with van der Waals surface area (Å²) >= 11 is 0. The molecule has 0 unspecified atom stereocenters. The van der Waals surface area contributed by atoms with Crippen molar-refractivity contribution in [1.29, 1.82) is 0 Å². The molecule has 0 rings (SSSR count). The fourth-order valence-corrected chi connectivity index (χ4v) is 0.636. The van der Waals surface area contributed by atoms with Gasteiger partial charge in [0.05, 0.1) is 13.2 Å². The van der Waals surface area contributed by atoms with E-state index in [1.165, 1.54) is 13.8 Å². The molecule has 0 amide bonds. The van der Waals surface area contributed by atoms with Gasteiger partial charge in [-0.2, -0.15) is 0 Å². The van der Waals surface area contributed by atoms with Crippen LogP contribution in [0.5, 0.6) is 0 Å². The molecule has 0 aliphatic carbocycles. The molecule has 4 heteroatoms. The SMILES string of the molecule is C.CC(=O)OCC(C)(C)C.CC(=O)OCC(C)(C)C. The summed E-state index contributed by atoms with van der Waals surface area (Å²) in [5, 5.41) is 0. The Balaban J connectivity index is -0.000000256. The lowest BCUT2D eigenvalue weighted by Gasteiger charge is -2.16. The highest BCUT2D eigenvalue weighted by Gasteiger charge is 2.11. The standard InChI is InChI=1S/2C7H14O2.CH4/c2*1-6(8)9-5-7(2,3)4;/h2*5H2,1-4H3;1H4. The van der Waals surface area contributed by atoms with Crippen LogP contribution in [0.3, 0.4) is 0 Å². The summed E-state index contributed by atoms with van der Waals surface area (Å²) in [5.74, 6) is -0.408. The van der Waals surface area contributed by atoms with E-state index in [1.54, 1.807) is 0 Å². The van der Waals surface area contributed by atoms with Gasteiger partial charge in [0, 0.05) is 13.8 Å². The Bertz CT molecular complexity index is 228. The van der Waals surface area contributed by atoms with Crippen LogP contribution in [0.25, 0.3) is 0 Å². The number of ether oxygens (including phenoxy) is 2. The minimum Gasteiger partial charge on any atom is -0.465 e. The van der Waals surface area contributed by atoms with Crippen molar-refractivity contribution < 1.29 is 19.1 Å². The van der Waals surface area contributed by atoms with Crippen molar-refractivity contribution in [2.24, 2.45) is 10.8 Å². The van der Waals surface area contributed by atoms with Crippen molar-refractivity contribution in [2.75, 3.05) is 13.2 Å². The van der Waals surface area contributed by atoms with Gasteiger partial charge in [-0.05, 0) is 10.8 Å². The van der Waals surface area contributed by atoms with Gasteiger partial charge < -0.3 is 9.47 Å². The van der Waals surface area contributed by atoms with E-state index < -0.39 is 0 Å². The zero-order valence-electron chi connectivity index (χ0n) is 13.0. The van der Waals surface area contributed by atoms with E-state index in [4.69, 9.17) is 9.47 Å². The highest BCUT2D eigenvalue weighted by atomic mass is 16.5. The molecule has 0 aliphatic heterocycles. The molecule has 0 saturated carbocycles. The van der Waals surface area contributed by atoms with Crippen molar-refractivity contribution in [3.05, 3.63) is 0 Å². The largest absolute Gasteiger partial charge is 0.465 e. The van der Waals surface area contributed by atoms with Gasteiger partial charge in [0.1, 0.15) is 0 Å². The molecular weight excluding hydrogens is 244 g/mol. The van der Waals surface area contributed by atoms with Gasteiger partial charge in [0.15, 0.2) is 0 Å². The fraction of sp³-hybridized carbons (Fsp3) is 0.867. The van der Waals surface area contributed by atoms with E-state index in [0.29, 0.717) is 13.2 Å². The van der Waals surface area contributed by atoms with Gasteiger partial charge in [0.2, 0.25) is 0 Å². The summed E-state index contributed by atoms with van der Waals surface area (Å²) in [4.78, 5) is 20.5. The molecule has 0 spiro atoms. The highest BCUT2D eigenvalue weighted by Crippen LogP contribution is 2.12. The quantitative estimate of drug-likeness (QED) is 0.719. The van der Waals surface area contributed by atoms with E-state index in [-0.39, 0.29) is 30.2 Å². The lowest BCUT2D eigenvalue weighted by Crippen LogP contribution is -2.16. The molecule has 19 heavy (non-hydrogen) atoms. The first-order valence-corrected chi connectivity index (χ1v) is 6.10. The van der Waals surface area contributed by atoms with Crippen LogP contribution in [-0.2, 0) is 19.1 Å². The first-order chi connectivity index (χ1) is 7.83. The van der Waals surface area contributed by atoms with Gasteiger partial charge in [-0.1, -0.05) is 49.0 Å². The average Bonchev–Trinajstić information content (AvgIpc) is 2.10. The number of carbonyl (C=O) groups excluding carboxylic acids is 2. The number of rotatable bonds is 2. The normalized spacial score (nSPS) is 10.5. The molecule has 0 fully saturated rings. The second-order valence-corrected chi connectivity index (χ2v) is 6.68. The Hall–Kier alpha value is -1.06. The van der Waals surface area contributed by atoms with E-state index in [9.17, 15) is 9.59 Å². The third kappa shape index (κ3) is 31.6. The summed E-state index contributed by atoms with van der Waals surface area (Å²) in [6.45, 7) is 16.0. The maximum atomic E-state index is 10.3. The van der Waals surface area contributed by atoms with Crippen LogP contribution < -0.4 is 0 Å². The molecule has 0 atom stereocenters. The first kappa shape index (κ1) is 23.1. The van der Waals surface area contributed by atoms with Crippen molar-refractivity contribution in [3.63, 3.8) is 0 Å². The predicted molar refractivity (Wildman–Crippen MR) is 78.9 cm³/mol. The molecule has 0 aromatic rings. The Morgan fingerprint density at radius 1 is 0.737 bits per heavy atom. The van der Waals surface area contributed by atoms with Gasteiger partial charge in [0.25, 0.3) is 0 Å². The lowest BCUT2D eigenvalue weighted by molar-refractivity contribution is -0.144. The summed E-state index contributed by atoms with van der Waals surface area (Å²) in [5.41, 5.74) is 0.178. The third-order valence-electron chi connectivity index (χ3n) is 1.42. The topological polar surface area (TPSA) is 52.6 Å². The second kappa shape index (κ2) is 9.82. The Labute approximate surface area is 118 Å². The Morgan fingerprint density at radius 3 is 1.00 bits per heavy atom. The maximum absolute atomic E-state index is 10.3. The van der Waals surface area contributed by atoms with Gasteiger partial charge in [-0.3, -0.25) is 9.59 Å². The van der Waals surface area contributed by atoms with Crippen LogP contribution in [0.1, 0.15) is 62.8 Å². The van der Waals surface area contributed by atoms with Crippen molar-refractivity contribution in [2.45, 2.75) is 62.8 Å². The Morgan fingerprint density at radius 2 is 0.947 bits per heavy atom. The molecule has 0 aliphatic rings. The molecule has 0 radical (unpaired) electrons. The van der Waals surface area contributed by atoms with E-state index >= 15 is 0 Å². The van der Waals surface area contributed by atoms with Crippen LogP contribution >= 0.6 is 0 Å². The molecule has 116 valence electrons. The van der Waals surface area contributed by atoms with E-state index in [1.807, 2.05) is 41.5 Å². The van der Waals surface area contributed by atoms with Crippen molar-refractivity contribution in [1.82, 2.24) is 0 Å². The zero-order chi connectivity index (χ0) is 15.0. The summed E-state index contributed by atoms with van der Waals surface area (Å²) in [6, 6.07) is 0. The van der Waals surface area contributed by atoms with E-state index in [2.05, 4.69) is 0 Å². The number of hydrogen-bond donors (Lipinski definition) is 0. The van der Waals surface area contributed by atoms with Crippen LogP contribution in [0.4, 0.5) is 0 Å². The van der Waals surface area contributed by atoms with E-state index in [0.717, 1.165) is 0 Å². The predicted octanol–water partition coefficient (Wildman–Crippen LogP) is 3.83. The minimum absolute atomic E-state index is 0. The van der Waals surface area contributed by atoms with Gasteiger partial charge in [-0.15, -0.1) is 0 Å². The van der Waals surface area contributed by atoms with Crippen molar-refractivity contribution >= 4 is 11.9 Å². The number of esters is 2. The molecule has 0 N–H and O–H groups in total. The third-order valence-corrected chi connectivity index (χ3v) is 1.42.